The number of nitrogens with zero attached hydrogens (tertiary/aromatic N) is 2. The van der Waals surface area contributed by atoms with Gasteiger partial charge in [-0.2, -0.15) is 10.2 Å². The summed E-state index contributed by atoms with van der Waals surface area (Å²) in [5.41, 5.74) is 0.991. The molecule has 0 heterocycles. The number of aromatic carboxylic acids is 1. The van der Waals surface area contributed by atoms with Crippen LogP contribution in [0, 0.1) is 6.92 Å². The molecule has 23 heavy (non-hydrogen) atoms. The molecule has 7 heteroatoms. The van der Waals surface area contributed by atoms with Gasteiger partial charge < -0.3 is 15.5 Å². The summed E-state index contributed by atoms with van der Waals surface area (Å²) in [6, 6.07) is 10.0. The Morgan fingerprint density at radius 3 is 2.26 bits per heavy atom. The van der Waals surface area contributed by atoms with Crippen LogP contribution in [0.3, 0.4) is 0 Å². The standard InChI is InChI=1S/C16H13N3O4/c1-2-17-15(21)13-9-12(7-8-14(13)20)19-18-11-5-3-10(4-6-11)16(22)23/h1,3-9,20H,2H2,(H,17,21)(H,22,23). The topological polar surface area (TPSA) is 111 Å². The fourth-order valence-electron chi connectivity index (χ4n) is 1.74. The molecule has 0 aliphatic carbocycles. The van der Waals surface area contributed by atoms with Crippen LogP contribution in [0.4, 0.5) is 11.4 Å². The van der Waals surface area contributed by atoms with Gasteiger partial charge >= 0.3 is 5.97 Å². The molecule has 2 aromatic rings. The molecule has 0 spiro atoms. The smallest absolute Gasteiger partial charge is 0.335 e. The Labute approximate surface area is 132 Å². The molecular formula is C16H13N3O4. The van der Waals surface area contributed by atoms with Crippen LogP contribution in [0.5, 0.6) is 5.75 Å². The van der Waals surface area contributed by atoms with E-state index in [1.165, 1.54) is 42.5 Å². The molecule has 2 rings (SSSR count). The van der Waals surface area contributed by atoms with E-state index < -0.39 is 11.9 Å². The number of aromatic hydroxyl groups is 1. The second kappa shape index (κ2) is 7.17. The molecule has 0 atom stereocenters. The van der Waals surface area contributed by atoms with Gasteiger partial charge in [0.1, 0.15) is 5.75 Å². The lowest BCUT2D eigenvalue weighted by molar-refractivity contribution is 0.0696. The number of amides is 1. The van der Waals surface area contributed by atoms with Gasteiger partial charge in [0.15, 0.2) is 0 Å². The molecule has 0 saturated carbocycles. The highest BCUT2D eigenvalue weighted by Crippen LogP contribution is 2.25. The number of rotatable bonds is 5. The van der Waals surface area contributed by atoms with Gasteiger partial charge in [-0.3, -0.25) is 4.79 Å². The van der Waals surface area contributed by atoms with Crippen molar-refractivity contribution in [3.8, 4) is 5.75 Å². The summed E-state index contributed by atoms with van der Waals surface area (Å²) >= 11 is 0. The first-order chi connectivity index (χ1) is 11.0. The van der Waals surface area contributed by atoms with Gasteiger partial charge in [0.25, 0.3) is 5.91 Å². The van der Waals surface area contributed by atoms with Crippen molar-refractivity contribution >= 4 is 23.3 Å². The van der Waals surface area contributed by atoms with Crippen LogP contribution in [-0.2, 0) is 0 Å². The number of phenols is 1. The van der Waals surface area contributed by atoms with Crippen LogP contribution < -0.4 is 5.32 Å². The summed E-state index contributed by atoms with van der Waals surface area (Å²) in [6.07, 6.45) is 0. The monoisotopic (exact) mass is 311 g/mol. The molecule has 0 saturated heterocycles. The van der Waals surface area contributed by atoms with Crippen LogP contribution in [-0.4, -0.2) is 28.6 Å². The van der Waals surface area contributed by atoms with Gasteiger partial charge in [0.05, 0.1) is 22.5 Å². The highest BCUT2D eigenvalue weighted by Gasteiger charge is 2.10. The van der Waals surface area contributed by atoms with Crippen LogP contribution in [0.2, 0.25) is 0 Å². The van der Waals surface area contributed by atoms with Gasteiger partial charge in [-0.05, 0) is 49.4 Å². The van der Waals surface area contributed by atoms with Gasteiger partial charge in [-0.15, -0.1) is 0 Å². The minimum Gasteiger partial charge on any atom is -0.507 e. The number of hydrogen-bond donors (Lipinski definition) is 3. The number of benzene rings is 2. The first-order valence-electron chi connectivity index (χ1n) is 6.57. The van der Waals surface area contributed by atoms with Crippen molar-refractivity contribution in [2.75, 3.05) is 6.54 Å². The number of carboxylic acids is 1. The van der Waals surface area contributed by atoms with E-state index in [2.05, 4.69) is 15.5 Å². The summed E-state index contributed by atoms with van der Waals surface area (Å²) in [6.45, 7) is 5.17. The number of nitrogens with one attached hydrogen (secondary N) is 1. The molecule has 1 amide bonds. The maximum Gasteiger partial charge on any atom is 0.335 e. The van der Waals surface area contributed by atoms with Gasteiger partial charge in [-0.1, -0.05) is 0 Å². The lowest BCUT2D eigenvalue weighted by Crippen LogP contribution is -2.22. The van der Waals surface area contributed by atoms with Crippen molar-refractivity contribution < 1.29 is 19.8 Å². The zero-order chi connectivity index (χ0) is 16.8. The van der Waals surface area contributed by atoms with Crippen molar-refractivity contribution in [2.24, 2.45) is 10.2 Å². The number of carboxylic acid groups (broad SMARTS) is 1. The second-order valence-electron chi connectivity index (χ2n) is 4.46. The van der Waals surface area contributed by atoms with E-state index in [-0.39, 0.29) is 23.4 Å². The number of carbonyl (C=O) groups excluding carboxylic acids is 1. The van der Waals surface area contributed by atoms with E-state index in [9.17, 15) is 14.7 Å². The Morgan fingerprint density at radius 2 is 1.65 bits per heavy atom. The predicted molar refractivity (Wildman–Crippen MR) is 82.3 cm³/mol. The van der Waals surface area contributed by atoms with E-state index in [1.54, 1.807) is 0 Å². The molecule has 2 aromatic carbocycles. The number of carbonyl (C=O) groups is 2. The average molecular weight is 311 g/mol. The van der Waals surface area contributed by atoms with Crippen LogP contribution in [0.1, 0.15) is 20.7 Å². The maximum absolute atomic E-state index is 11.7. The molecule has 0 unspecified atom stereocenters. The van der Waals surface area contributed by atoms with Crippen molar-refractivity contribution in [1.29, 1.82) is 0 Å². The first kappa shape index (κ1) is 16.2. The van der Waals surface area contributed by atoms with Crippen LogP contribution in [0.25, 0.3) is 0 Å². The molecule has 7 nitrogen and oxygen atoms in total. The molecule has 0 bridgehead atoms. The fourth-order valence-corrected chi connectivity index (χ4v) is 1.74. The van der Waals surface area contributed by atoms with Crippen LogP contribution in [0.15, 0.2) is 52.7 Å². The van der Waals surface area contributed by atoms with E-state index in [4.69, 9.17) is 12.0 Å². The normalized spacial score (nSPS) is 10.7. The summed E-state index contributed by atoms with van der Waals surface area (Å²) in [5.74, 6) is -1.74. The highest BCUT2D eigenvalue weighted by molar-refractivity contribution is 5.97. The SMILES string of the molecule is [CH]CNC(=O)c1cc(N=Nc2ccc(C(=O)O)cc2)ccc1O. The third-order valence-corrected chi connectivity index (χ3v) is 2.88. The minimum absolute atomic E-state index is 0.0353. The number of hydrogen-bond acceptors (Lipinski definition) is 5. The summed E-state index contributed by atoms with van der Waals surface area (Å²) in [7, 11) is 0. The van der Waals surface area contributed by atoms with Gasteiger partial charge in [-0.25, -0.2) is 4.79 Å². The summed E-state index contributed by atoms with van der Waals surface area (Å²) in [4.78, 5) is 22.5. The molecule has 3 N–H and O–H groups in total. The van der Waals surface area contributed by atoms with Crippen molar-refractivity contribution in [1.82, 2.24) is 5.32 Å². The van der Waals surface area contributed by atoms with E-state index >= 15 is 0 Å². The minimum atomic E-state index is -1.03. The Morgan fingerprint density at radius 1 is 1.04 bits per heavy atom. The Hall–Kier alpha value is -3.22. The molecule has 2 radical (unpaired) electrons. The first-order valence-corrected chi connectivity index (χ1v) is 6.57. The van der Waals surface area contributed by atoms with E-state index in [0.717, 1.165) is 0 Å². The average Bonchev–Trinajstić information content (AvgIpc) is 2.54. The van der Waals surface area contributed by atoms with Crippen LogP contribution >= 0.6 is 0 Å². The van der Waals surface area contributed by atoms with Gasteiger partial charge in [0.2, 0.25) is 0 Å². The molecule has 116 valence electrons. The lowest BCUT2D eigenvalue weighted by Gasteiger charge is -2.05. The maximum atomic E-state index is 11.7. The van der Waals surface area contributed by atoms with E-state index in [1.807, 2.05) is 0 Å². The lowest BCUT2D eigenvalue weighted by atomic mass is 10.1. The Kier molecular flexibility index (Phi) is 5.03. The number of azo groups is 1. The van der Waals surface area contributed by atoms with Gasteiger partial charge in [0, 0.05) is 6.54 Å². The molecule has 0 aliphatic heterocycles. The zero-order valence-corrected chi connectivity index (χ0v) is 11.9. The summed E-state index contributed by atoms with van der Waals surface area (Å²) in [5, 5.41) is 28.8. The Bertz CT molecular complexity index is 754. The van der Waals surface area contributed by atoms with Crippen molar-refractivity contribution in [2.45, 2.75) is 0 Å². The summed E-state index contributed by atoms with van der Waals surface area (Å²) < 4.78 is 0. The van der Waals surface area contributed by atoms with Crippen molar-refractivity contribution in [3.05, 3.63) is 60.5 Å². The van der Waals surface area contributed by atoms with E-state index in [0.29, 0.717) is 11.4 Å². The molecule has 0 aromatic heterocycles. The number of phenolic OH excluding ortho intramolecular Hbond substituents is 1. The predicted octanol–water partition coefficient (Wildman–Crippen LogP) is 2.95. The highest BCUT2D eigenvalue weighted by atomic mass is 16.4. The second-order valence-corrected chi connectivity index (χ2v) is 4.46. The largest absolute Gasteiger partial charge is 0.507 e. The third-order valence-electron chi connectivity index (χ3n) is 2.88. The zero-order valence-electron chi connectivity index (χ0n) is 11.9. The molecular weight excluding hydrogens is 298 g/mol. The quantitative estimate of drug-likeness (QED) is 0.737. The molecule has 0 aliphatic rings. The third kappa shape index (κ3) is 4.13. The fraction of sp³-hybridized carbons (Fsp3) is 0.0625. The Balaban J connectivity index is 2.20. The van der Waals surface area contributed by atoms with Crippen molar-refractivity contribution in [3.63, 3.8) is 0 Å². The molecule has 0 fully saturated rings.